The molecule has 1 fully saturated rings. The molecule has 0 spiro atoms. The third kappa shape index (κ3) is 6.60. The van der Waals surface area contributed by atoms with Gasteiger partial charge in [-0.2, -0.15) is 8.78 Å². The molecule has 1 saturated heterocycles. The number of piperazine rings is 1. The number of amides is 1. The number of nitrogens with one attached hydrogen (secondary N) is 1. The zero-order chi connectivity index (χ0) is 19.8. The average molecular weight is 516 g/mol. The lowest BCUT2D eigenvalue weighted by molar-refractivity contribution is -0.0506. The number of rotatable bonds is 5. The SMILES string of the molecule is CCOC(=O)N1CCN(C(=NC)NCc2c(F)cccc2OC(F)F)CC1.I. The lowest BCUT2D eigenvalue weighted by Gasteiger charge is -2.35. The second-order valence-corrected chi connectivity index (χ2v) is 5.67. The molecule has 1 heterocycles. The normalized spacial score (nSPS) is 14.6. The Balaban J connectivity index is 0.00000392. The highest BCUT2D eigenvalue weighted by molar-refractivity contribution is 14.0. The average Bonchev–Trinajstić information content (AvgIpc) is 2.64. The maximum absolute atomic E-state index is 14.0. The van der Waals surface area contributed by atoms with Gasteiger partial charge < -0.3 is 24.6 Å². The molecule has 11 heteroatoms. The summed E-state index contributed by atoms with van der Waals surface area (Å²) in [4.78, 5) is 19.4. The summed E-state index contributed by atoms with van der Waals surface area (Å²) in [6.45, 7) is 0.882. The Labute approximate surface area is 178 Å². The molecule has 0 atom stereocenters. The second kappa shape index (κ2) is 11.8. The van der Waals surface area contributed by atoms with Crippen LogP contribution < -0.4 is 10.1 Å². The largest absolute Gasteiger partial charge is 0.450 e. The van der Waals surface area contributed by atoms with Crippen LogP contribution in [0.3, 0.4) is 0 Å². The van der Waals surface area contributed by atoms with Crippen molar-refractivity contribution in [1.82, 2.24) is 15.1 Å². The predicted molar refractivity (Wildman–Crippen MR) is 109 cm³/mol. The van der Waals surface area contributed by atoms with Crippen molar-refractivity contribution in [3.8, 4) is 5.75 Å². The number of nitrogens with zero attached hydrogens (tertiary/aromatic N) is 3. The molecule has 0 bridgehead atoms. The Kier molecular flexibility index (Phi) is 10.2. The third-order valence-corrected chi connectivity index (χ3v) is 4.03. The van der Waals surface area contributed by atoms with Crippen molar-refractivity contribution in [1.29, 1.82) is 0 Å². The Morgan fingerprint density at radius 1 is 1.25 bits per heavy atom. The van der Waals surface area contributed by atoms with E-state index in [0.29, 0.717) is 38.7 Å². The summed E-state index contributed by atoms with van der Waals surface area (Å²) < 4.78 is 48.4. The Morgan fingerprint density at radius 2 is 1.89 bits per heavy atom. The molecule has 1 N–H and O–H groups in total. The highest BCUT2D eigenvalue weighted by Gasteiger charge is 2.24. The summed E-state index contributed by atoms with van der Waals surface area (Å²) >= 11 is 0. The second-order valence-electron chi connectivity index (χ2n) is 5.67. The Morgan fingerprint density at radius 3 is 2.46 bits per heavy atom. The zero-order valence-corrected chi connectivity index (χ0v) is 18.0. The van der Waals surface area contributed by atoms with Crippen LogP contribution in [-0.2, 0) is 11.3 Å². The molecule has 1 aliphatic rings. The van der Waals surface area contributed by atoms with Gasteiger partial charge in [0, 0.05) is 45.3 Å². The first-order valence-corrected chi connectivity index (χ1v) is 8.55. The molecule has 28 heavy (non-hydrogen) atoms. The molecule has 158 valence electrons. The fraction of sp³-hybridized carbons (Fsp3) is 0.529. The van der Waals surface area contributed by atoms with Crippen LogP contribution in [0.25, 0.3) is 0 Å². The first-order chi connectivity index (χ1) is 13.0. The minimum Gasteiger partial charge on any atom is -0.450 e. The number of hydrogen-bond acceptors (Lipinski definition) is 4. The van der Waals surface area contributed by atoms with Crippen molar-refractivity contribution in [3.63, 3.8) is 0 Å². The number of aliphatic imine (C=N–C) groups is 1. The number of ether oxygens (including phenoxy) is 2. The number of carbonyl (C=O) groups is 1. The standard InChI is InChI=1S/C17H23F3N4O3.HI/c1-3-26-17(25)24-9-7-23(8-10-24)16(21-2)22-11-12-13(18)5-4-6-14(12)27-15(19)20;/h4-6,15H,3,7-11H2,1-2H3,(H,21,22);1H. The molecule has 0 aliphatic carbocycles. The van der Waals surface area contributed by atoms with E-state index in [1.807, 2.05) is 4.90 Å². The van der Waals surface area contributed by atoms with Gasteiger partial charge in [-0.15, -0.1) is 24.0 Å². The molecule has 0 unspecified atom stereocenters. The predicted octanol–water partition coefficient (Wildman–Crippen LogP) is 2.89. The van der Waals surface area contributed by atoms with Crippen LogP contribution in [0.5, 0.6) is 5.75 Å². The summed E-state index contributed by atoms with van der Waals surface area (Å²) in [5.74, 6) is -0.395. The van der Waals surface area contributed by atoms with Crippen LogP contribution in [0, 0.1) is 5.82 Å². The lowest BCUT2D eigenvalue weighted by Crippen LogP contribution is -2.53. The minimum absolute atomic E-state index is 0. The van der Waals surface area contributed by atoms with E-state index >= 15 is 0 Å². The van der Waals surface area contributed by atoms with Crippen LogP contribution in [0.4, 0.5) is 18.0 Å². The van der Waals surface area contributed by atoms with Crippen molar-refractivity contribution in [2.45, 2.75) is 20.1 Å². The first-order valence-electron chi connectivity index (χ1n) is 8.55. The number of carbonyl (C=O) groups excluding carboxylic acids is 1. The summed E-state index contributed by atoms with van der Waals surface area (Å²) in [7, 11) is 1.57. The van der Waals surface area contributed by atoms with E-state index in [4.69, 9.17) is 4.74 Å². The molecule has 1 amide bonds. The number of benzene rings is 1. The molecule has 7 nitrogen and oxygen atoms in total. The van der Waals surface area contributed by atoms with Gasteiger partial charge in [-0.25, -0.2) is 9.18 Å². The van der Waals surface area contributed by atoms with Gasteiger partial charge in [0.1, 0.15) is 11.6 Å². The summed E-state index contributed by atoms with van der Waals surface area (Å²) in [6.07, 6.45) is -0.361. The van der Waals surface area contributed by atoms with E-state index < -0.39 is 12.4 Å². The van der Waals surface area contributed by atoms with E-state index in [0.717, 1.165) is 0 Å². The van der Waals surface area contributed by atoms with Gasteiger partial charge in [0.15, 0.2) is 5.96 Å². The van der Waals surface area contributed by atoms with Crippen LogP contribution in [-0.4, -0.2) is 68.3 Å². The molecular weight excluding hydrogens is 492 g/mol. The van der Waals surface area contributed by atoms with E-state index in [9.17, 15) is 18.0 Å². The number of halogens is 4. The first kappa shape index (κ1) is 24.1. The maximum Gasteiger partial charge on any atom is 0.409 e. The van der Waals surface area contributed by atoms with Crippen molar-refractivity contribution >= 4 is 36.0 Å². The van der Waals surface area contributed by atoms with Crippen molar-refractivity contribution in [3.05, 3.63) is 29.6 Å². The van der Waals surface area contributed by atoms with Crippen molar-refractivity contribution in [2.75, 3.05) is 39.8 Å². The number of guanidine groups is 1. The van der Waals surface area contributed by atoms with Crippen molar-refractivity contribution in [2.24, 2.45) is 4.99 Å². The minimum atomic E-state index is -3.04. The highest BCUT2D eigenvalue weighted by atomic mass is 127. The topological polar surface area (TPSA) is 66.4 Å². The number of alkyl halides is 2. The van der Waals surface area contributed by atoms with E-state index in [1.54, 1.807) is 18.9 Å². The van der Waals surface area contributed by atoms with E-state index in [2.05, 4.69) is 15.0 Å². The van der Waals surface area contributed by atoms with Crippen LogP contribution in [0.1, 0.15) is 12.5 Å². The van der Waals surface area contributed by atoms with Crippen molar-refractivity contribution < 1.29 is 27.4 Å². The summed E-state index contributed by atoms with van der Waals surface area (Å²) in [5, 5.41) is 2.96. The highest BCUT2D eigenvalue weighted by Crippen LogP contribution is 2.23. The fourth-order valence-electron chi connectivity index (χ4n) is 2.73. The smallest absolute Gasteiger partial charge is 0.409 e. The molecular formula is C17H24F3IN4O3. The van der Waals surface area contributed by atoms with E-state index in [1.165, 1.54) is 18.2 Å². The monoisotopic (exact) mass is 516 g/mol. The van der Waals surface area contributed by atoms with Gasteiger partial charge in [0.25, 0.3) is 0 Å². The lowest BCUT2D eigenvalue weighted by atomic mass is 10.2. The zero-order valence-electron chi connectivity index (χ0n) is 15.7. The summed E-state index contributed by atoms with van der Waals surface area (Å²) in [5.41, 5.74) is -0.0101. The van der Waals surface area contributed by atoms with Crippen LogP contribution in [0.2, 0.25) is 0 Å². The molecule has 0 aromatic heterocycles. The van der Waals surface area contributed by atoms with Gasteiger partial charge in [0.2, 0.25) is 0 Å². The molecule has 1 aliphatic heterocycles. The van der Waals surface area contributed by atoms with Gasteiger partial charge in [0.05, 0.1) is 6.61 Å². The third-order valence-electron chi connectivity index (χ3n) is 4.03. The fourth-order valence-corrected chi connectivity index (χ4v) is 2.73. The summed E-state index contributed by atoms with van der Waals surface area (Å²) in [6, 6.07) is 3.77. The quantitative estimate of drug-likeness (QED) is 0.371. The van der Waals surface area contributed by atoms with Gasteiger partial charge in [-0.1, -0.05) is 6.07 Å². The maximum atomic E-state index is 14.0. The molecule has 0 radical (unpaired) electrons. The molecule has 1 aromatic carbocycles. The molecule has 2 rings (SSSR count). The molecule has 1 aromatic rings. The number of hydrogen-bond donors (Lipinski definition) is 1. The van der Waals surface area contributed by atoms with Gasteiger partial charge in [-0.05, 0) is 19.1 Å². The van der Waals surface area contributed by atoms with E-state index in [-0.39, 0.29) is 47.9 Å². The van der Waals surface area contributed by atoms with Crippen LogP contribution in [0.15, 0.2) is 23.2 Å². The van der Waals surface area contributed by atoms with Crippen LogP contribution >= 0.6 is 24.0 Å². The molecule has 0 saturated carbocycles. The van der Waals surface area contributed by atoms with Gasteiger partial charge in [-0.3, -0.25) is 4.99 Å². The Bertz CT molecular complexity index is 671. The van der Waals surface area contributed by atoms with Gasteiger partial charge >= 0.3 is 12.7 Å². The Hall–Kier alpha value is -1.92.